The number of halogens is 4. The number of hydrogen-bond donors (Lipinski definition) is 1. The lowest BCUT2D eigenvalue weighted by Gasteiger charge is -2.19. The minimum absolute atomic E-state index is 0.0159. The summed E-state index contributed by atoms with van der Waals surface area (Å²) in [5.41, 5.74) is -1.82. The highest BCUT2D eigenvalue weighted by Gasteiger charge is 2.63. The Labute approximate surface area is 111 Å². The lowest BCUT2D eigenvalue weighted by Crippen LogP contribution is -2.30. The number of aromatic carboxylic acids is 1. The maximum Gasteiger partial charge on any atom is 0.397 e. The lowest BCUT2D eigenvalue weighted by molar-refractivity contribution is -0.194. The monoisotopic (exact) mass is 294 g/mol. The third-order valence-electron chi connectivity index (χ3n) is 3.14. The molecule has 0 amide bonds. The Hall–Kier alpha value is -1.43. The third-order valence-corrected chi connectivity index (χ3v) is 3.43. The van der Waals surface area contributed by atoms with Crippen molar-refractivity contribution < 1.29 is 27.8 Å². The van der Waals surface area contributed by atoms with Crippen molar-refractivity contribution in [3.63, 3.8) is 0 Å². The lowest BCUT2D eigenvalue weighted by atomic mass is 10.1. The van der Waals surface area contributed by atoms with Gasteiger partial charge in [0.25, 0.3) is 0 Å². The maximum absolute atomic E-state index is 12.7. The predicted molar refractivity (Wildman–Crippen MR) is 61.6 cm³/mol. The Morgan fingerprint density at radius 2 is 2.05 bits per heavy atom. The molecule has 104 valence electrons. The van der Waals surface area contributed by atoms with Crippen LogP contribution in [0.5, 0.6) is 5.75 Å². The van der Waals surface area contributed by atoms with E-state index in [1.165, 1.54) is 12.1 Å². The van der Waals surface area contributed by atoms with E-state index in [-0.39, 0.29) is 29.2 Å². The smallest absolute Gasteiger partial charge is 0.397 e. The summed E-state index contributed by atoms with van der Waals surface area (Å²) in [5.74, 6) is -1.11. The first-order valence-corrected chi connectivity index (χ1v) is 5.85. The van der Waals surface area contributed by atoms with E-state index in [1.54, 1.807) is 0 Å². The number of carboxylic acid groups (broad SMARTS) is 1. The first-order chi connectivity index (χ1) is 8.75. The van der Waals surface area contributed by atoms with E-state index in [2.05, 4.69) is 0 Å². The molecule has 1 N–H and O–H groups in total. The van der Waals surface area contributed by atoms with E-state index in [1.807, 2.05) is 0 Å². The Morgan fingerprint density at radius 3 is 2.47 bits per heavy atom. The summed E-state index contributed by atoms with van der Waals surface area (Å²) in [7, 11) is 0. The van der Waals surface area contributed by atoms with Gasteiger partial charge in [-0.15, -0.1) is 0 Å². The van der Waals surface area contributed by atoms with Crippen LogP contribution in [0.2, 0.25) is 5.02 Å². The van der Waals surface area contributed by atoms with E-state index in [0.717, 1.165) is 6.07 Å². The van der Waals surface area contributed by atoms with Crippen LogP contribution in [0, 0.1) is 5.41 Å². The standard InChI is InChI=1S/C12H10ClF3O3/c13-8-5-7(10(17)18)1-2-9(8)19-6-11(3-4-11)12(14,15)16/h1-2,5H,3-4,6H2,(H,17,18). The molecule has 19 heavy (non-hydrogen) atoms. The van der Waals surface area contributed by atoms with E-state index in [9.17, 15) is 18.0 Å². The van der Waals surface area contributed by atoms with Gasteiger partial charge in [0.05, 0.1) is 10.6 Å². The molecule has 0 radical (unpaired) electrons. The number of carbonyl (C=O) groups is 1. The Morgan fingerprint density at radius 1 is 1.42 bits per heavy atom. The zero-order valence-corrected chi connectivity index (χ0v) is 10.4. The van der Waals surface area contributed by atoms with Crippen molar-refractivity contribution in [2.45, 2.75) is 19.0 Å². The summed E-state index contributed by atoms with van der Waals surface area (Å²) in [6.07, 6.45) is -4.21. The highest BCUT2D eigenvalue weighted by atomic mass is 35.5. The van der Waals surface area contributed by atoms with Gasteiger partial charge in [-0.2, -0.15) is 13.2 Å². The predicted octanol–water partition coefficient (Wildman–Crippen LogP) is 3.76. The molecule has 0 saturated heterocycles. The molecule has 1 fully saturated rings. The van der Waals surface area contributed by atoms with Crippen LogP contribution in [0.15, 0.2) is 18.2 Å². The van der Waals surface area contributed by atoms with Gasteiger partial charge in [0, 0.05) is 0 Å². The molecule has 0 bridgehead atoms. The first kappa shape index (κ1) is 14.0. The number of rotatable bonds is 4. The van der Waals surface area contributed by atoms with Gasteiger partial charge >= 0.3 is 12.1 Å². The zero-order chi connectivity index (χ0) is 14.3. The van der Waals surface area contributed by atoms with Gasteiger partial charge in [-0.1, -0.05) is 11.6 Å². The molecule has 1 aromatic rings. The van der Waals surface area contributed by atoms with Crippen molar-refractivity contribution in [1.82, 2.24) is 0 Å². The zero-order valence-electron chi connectivity index (χ0n) is 9.63. The Balaban J connectivity index is 2.07. The fraction of sp³-hybridized carbons (Fsp3) is 0.417. The van der Waals surface area contributed by atoms with E-state index < -0.39 is 24.2 Å². The van der Waals surface area contributed by atoms with Crippen LogP contribution in [0.4, 0.5) is 13.2 Å². The molecule has 0 atom stereocenters. The topological polar surface area (TPSA) is 46.5 Å². The van der Waals surface area contributed by atoms with E-state index >= 15 is 0 Å². The molecule has 1 aromatic carbocycles. The van der Waals surface area contributed by atoms with Crippen LogP contribution in [0.25, 0.3) is 0 Å². The molecule has 1 saturated carbocycles. The fourth-order valence-electron chi connectivity index (χ4n) is 1.63. The fourth-order valence-corrected chi connectivity index (χ4v) is 1.86. The number of benzene rings is 1. The van der Waals surface area contributed by atoms with Crippen LogP contribution < -0.4 is 4.74 Å². The molecule has 0 heterocycles. The molecule has 0 aliphatic heterocycles. The Bertz CT molecular complexity index is 509. The summed E-state index contributed by atoms with van der Waals surface area (Å²) < 4.78 is 43.1. The summed E-state index contributed by atoms with van der Waals surface area (Å²) in [6.45, 7) is -0.497. The van der Waals surface area contributed by atoms with Crippen molar-refractivity contribution in [2.24, 2.45) is 5.41 Å². The van der Waals surface area contributed by atoms with Crippen molar-refractivity contribution in [1.29, 1.82) is 0 Å². The van der Waals surface area contributed by atoms with Gasteiger partial charge in [-0.05, 0) is 31.0 Å². The van der Waals surface area contributed by atoms with Crippen LogP contribution in [-0.2, 0) is 0 Å². The third kappa shape index (κ3) is 2.78. The van der Waals surface area contributed by atoms with Crippen LogP contribution in [-0.4, -0.2) is 23.9 Å². The first-order valence-electron chi connectivity index (χ1n) is 5.48. The number of ether oxygens (including phenoxy) is 1. The average Bonchev–Trinajstić information content (AvgIpc) is 3.07. The average molecular weight is 295 g/mol. The Kier molecular flexibility index (Phi) is 3.38. The highest BCUT2D eigenvalue weighted by molar-refractivity contribution is 6.32. The molecule has 2 rings (SSSR count). The maximum atomic E-state index is 12.7. The van der Waals surface area contributed by atoms with Gasteiger partial charge < -0.3 is 9.84 Å². The van der Waals surface area contributed by atoms with Crippen LogP contribution >= 0.6 is 11.6 Å². The summed E-state index contributed by atoms with van der Waals surface area (Å²) in [4.78, 5) is 10.7. The van der Waals surface area contributed by atoms with Crippen molar-refractivity contribution in [3.8, 4) is 5.75 Å². The minimum Gasteiger partial charge on any atom is -0.491 e. The highest BCUT2D eigenvalue weighted by Crippen LogP contribution is 2.57. The number of hydrogen-bond acceptors (Lipinski definition) is 2. The normalized spacial score (nSPS) is 17.1. The number of alkyl halides is 3. The van der Waals surface area contributed by atoms with E-state index in [0.29, 0.717) is 0 Å². The van der Waals surface area contributed by atoms with Gasteiger partial charge in [-0.3, -0.25) is 0 Å². The summed E-state index contributed by atoms with van der Waals surface area (Å²) in [6, 6.07) is 3.64. The van der Waals surface area contributed by atoms with Crippen molar-refractivity contribution >= 4 is 17.6 Å². The molecular formula is C12H10ClF3O3. The molecule has 3 nitrogen and oxygen atoms in total. The molecule has 0 unspecified atom stereocenters. The van der Waals surface area contributed by atoms with Crippen molar-refractivity contribution in [2.75, 3.05) is 6.61 Å². The molecule has 0 spiro atoms. The van der Waals surface area contributed by atoms with Gasteiger partial charge in [0.2, 0.25) is 0 Å². The molecule has 1 aliphatic carbocycles. The molecule has 0 aromatic heterocycles. The van der Waals surface area contributed by atoms with Gasteiger partial charge in [-0.25, -0.2) is 4.79 Å². The molecule has 1 aliphatic rings. The largest absolute Gasteiger partial charge is 0.491 e. The number of carboxylic acids is 1. The van der Waals surface area contributed by atoms with Crippen molar-refractivity contribution in [3.05, 3.63) is 28.8 Å². The van der Waals surface area contributed by atoms with Gasteiger partial charge in [0.1, 0.15) is 17.8 Å². The minimum atomic E-state index is -4.29. The molecular weight excluding hydrogens is 285 g/mol. The van der Waals surface area contributed by atoms with Crippen LogP contribution in [0.3, 0.4) is 0 Å². The summed E-state index contributed by atoms with van der Waals surface area (Å²) in [5, 5.41) is 8.71. The second kappa shape index (κ2) is 4.59. The van der Waals surface area contributed by atoms with E-state index in [4.69, 9.17) is 21.4 Å². The van der Waals surface area contributed by atoms with Crippen LogP contribution in [0.1, 0.15) is 23.2 Å². The second-order valence-corrected chi connectivity index (χ2v) is 4.92. The second-order valence-electron chi connectivity index (χ2n) is 4.52. The molecule has 7 heteroatoms. The van der Waals surface area contributed by atoms with Gasteiger partial charge in [0.15, 0.2) is 0 Å². The quantitative estimate of drug-likeness (QED) is 0.919. The summed E-state index contributed by atoms with van der Waals surface area (Å²) >= 11 is 5.77. The SMILES string of the molecule is O=C(O)c1ccc(OCC2(C(F)(F)F)CC2)c(Cl)c1.